The third-order valence-electron chi connectivity index (χ3n) is 3.79. The third kappa shape index (κ3) is 4.98. The molecular formula is C16H21N7O3. The molecule has 138 valence electrons. The van der Waals surface area contributed by atoms with E-state index < -0.39 is 0 Å². The standard InChI is InChI=1S/C16H21N7O3/c1-25-16-21-12(20-14(22-16)23-8-3-2-4-9-23)10-19-13(24)11-26-15-17-6-5-7-18-15/h5-7H,2-4,8-11H2,1H3,(H,19,24). The zero-order valence-corrected chi connectivity index (χ0v) is 14.6. The van der Waals surface area contributed by atoms with Gasteiger partial charge in [0.05, 0.1) is 13.7 Å². The van der Waals surface area contributed by atoms with Crippen LogP contribution in [0, 0.1) is 0 Å². The molecule has 0 aromatic carbocycles. The fourth-order valence-corrected chi connectivity index (χ4v) is 2.51. The van der Waals surface area contributed by atoms with Crippen molar-refractivity contribution in [2.24, 2.45) is 0 Å². The monoisotopic (exact) mass is 359 g/mol. The van der Waals surface area contributed by atoms with Crippen LogP contribution in [-0.2, 0) is 11.3 Å². The first-order chi connectivity index (χ1) is 12.7. The van der Waals surface area contributed by atoms with Crippen molar-refractivity contribution in [1.82, 2.24) is 30.2 Å². The number of aromatic nitrogens is 5. The molecule has 3 heterocycles. The van der Waals surface area contributed by atoms with Crippen molar-refractivity contribution in [3.63, 3.8) is 0 Å². The summed E-state index contributed by atoms with van der Waals surface area (Å²) in [6, 6.07) is 2.05. The number of amides is 1. The zero-order valence-electron chi connectivity index (χ0n) is 14.6. The van der Waals surface area contributed by atoms with E-state index in [2.05, 4.69) is 35.1 Å². The molecule has 0 bridgehead atoms. The van der Waals surface area contributed by atoms with Crippen molar-refractivity contribution in [3.05, 3.63) is 24.3 Å². The van der Waals surface area contributed by atoms with Gasteiger partial charge in [-0.3, -0.25) is 4.79 Å². The summed E-state index contributed by atoms with van der Waals surface area (Å²) in [6.45, 7) is 1.77. The van der Waals surface area contributed by atoms with Crippen LogP contribution in [0.3, 0.4) is 0 Å². The third-order valence-corrected chi connectivity index (χ3v) is 3.79. The van der Waals surface area contributed by atoms with E-state index >= 15 is 0 Å². The van der Waals surface area contributed by atoms with Crippen LogP contribution in [-0.4, -0.2) is 57.6 Å². The first-order valence-electron chi connectivity index (χ1n) is 8.45. The van der Waals surface area contributed by atoms with Gasteiger partial charge in [-0.1, -0.05) is 0 Å². The molecule has 1 amide bonds. The van der Waals surface area contributed by atoms with Gasteiger partial charge < -0.3 is 19.7 Å². The van der Waals surface area contributed by atoms with E-state index in [4.69, 9.17) is 9.47 Å². The average Bonchev–Trinajstić information content (AvgIpc) is 2.72. The molecule has 2 aromatic heterocycles. The molecule has 2 aromatic rings. The molecule has 1 fully saturated rings. The number of rotatable bonds is 7. The Kier molecular flexibility index (Phi) is 6.07. The Balaban J connectivity index is 1.57. The summed E-state index contributed by atoms with van der Waals surface area (Å²) in [6.07, 6.45) is 6.52. The molecule has 26 heavy (non-hydrogen) atoms. The van der Waals surface area contributed by atoms with E-state index in [-0.39, 0.29) is 31.1 Å². The highest BCUT2D eigenvalue weighted by Gasteiger charge is 2.17. The van der Waals surface area contributed by atoms with Gasteiger partial charge in [-0.2, -0.15) is 15.0 Å². The molecular weight excluding hydrogens is 338 g/mol. The van der Waals surface area contributed by atoms with Gasteiger partial charge in [0, 0.05) is 25.5 Å². The highest BCUT2D eigenvalue weighted by molar-refractivity contribution is 5.77. The van der Waals surface area contributed by atoms with Gasteiger partial charge in [0.25, 0.3) is 5.91 Å². The summed E-state index contributed by atoms with van der Waals surface area (Å²) in [5.41, 5.74) is 0. The summed E-state index contributed by atoms with van der Waals surface area (Å²) in [4.78, 5) is 34.7. The Morgan fingerprint density at radius 1 is 1.12 bits per heavy atom. The first kappa shape index (κ1) is 17.8. The number of piperidine rings is 1. The molecule has 0 unspecified atom stereocenters. The molecule has 10 heteroatoms. The van der Waals surface area contributed by atoms with Crippen LogP contribution in [0.1, 0.15) is 25.1 Å². The van der Waals surface area contributed by atoms with E-state index in [1.54, 1.807) is 18.5 Å². The smallest absolute Gasteiger partial charge is 0.321 e. The normalized spacial score (nSPS) is 14.0. The van der Waals surface area contributed by atoms with Crippen molar-refractivity contribution in [2.45, 2.75) is 25.8 Å². The van der Waals surface area contributed by atoms with Crippen molar-refractivity contribution >= 4 is 11.9 Å². The summed E-state index contributed by atoms with van der Waals surface area (Å²) >= 11 is 0. The minimum absolute atomic E-state index is 0.150. The SMILES string of the molecule is COc1nc(CNC(=O)COc2ncccn2)nc(N2CCCCC2)n1. The van der Waals surface area contributed by atoms with Crippen molar-refractivity contribution in [3.8, 4) is 12.0 Å². The molecule has 1 N–H and O–H groups in total. The van der Waals surface area contributed by atoms with Gasteiger partial charge in [-0.25, -0.2) is 9.97 Å². The van der Waals surface area contributed by atoms with Crippen LogP contribution < -0.4 is 19.7 Å². The second-order valence-electron chi connectivity index (χ2n) is 5.68. The largest absolute Gasteiger partial charge is 0.467 e. The molecule has 0 aliphatic carbocycles. The van der Waals surface area contributed by atoms with Crippen LogP contribution in [0.5, 0.6) is 12.0 Å². The predicted molar refractivity (Wildman–Crippen MR) is 91.8 cm³/mol. The summed E-state index contributed by atoms with van der Waals surface area (Å²) in [7, 11) is 1.51. The van der Waals surface area contributed by atoms with E-state index in [9.17, 15) is 4.79 Å². The molecule has 0 spiro atoms. The number of nitrogens with zero attached hydrogens (tertiary/aromatic N) is 6. The average molecular weight is 359 g/mol. The molecule has 0 atom stereocenters. The lowest BCUT2D eigenvalue weighted by atomic mass is 10.1. The maximum absolute atomic E-state index is 11.9. The maximum atomic E-state index is 11.9. The quantitative estimate of drug-likeness (QED) is 0.748. The minimum Gasteiger partial charge on any atom is -0.467 e. The van der Waals surface area contributed by atoms with Gasteiger partial charge in [0.15, 0.2) is 12.4 Å². The Morgan fingerprint density at radius 2 is 1.88 bits per heavy atom. The first-order valence-corrected chi connectivity index (χ1v) is 8.45. The number of hydrogen-bond acceptors (Lipinski definition) is 9. The zero-order chi connectivity index (χ0) is 18.2. The Labute approximate surface area is 151 Å². The van der Waals surface area contributed by atoms with E-state index in [1.165, 1.54) is 13.5 Å². The number of carbonyl (C=O) groups is 1. The lowest BCUT2D eigenvalue weighted by Crippen LogP contribution is -2.33. The van der Waals surface area contributed by atoms with E-state index in [1.807, 2.05) is 0 Å². The number of carbonyl (C=O) groups excluding carboxylic acids is 1. The second kappa shape index (κ2) is 8.88. The number of hydrogen-bond donors (Lipinski definition) is 1. The predicted octanol–water partition coefficient (Wildman–Crippen LogP) is 0.356. The van der Waals surface area contributed by atoms with Crippen molar-refractivity contribution in [2.75, 3.05) is 31.7 Å². The lowest BCUT2D eigenvalue weighted by Gasteiger charge is -2.26. The second-order valence-corrected chi connectivity index (χ2v) is 5.68. The molecule has 1 aliphatic rings. The summed E-state index contributed by atoms with van der Waals surface area (Å²) in [5, 5.41) is 2.70. The molecule has 1 saturated heterocycles. The number of methoxy groups -OCH3 is 1. The Morgan fingerprint density at radius 3 is 2.62 bits per heavy atom. The molecule has 10 nitrogen and oxygen atoms in total. The minimum atomic E-state index is -0.323. The van der Waals surface area contributed by atoms with Gasteiger partial charge in [-0.15, -0.1) is 0 Å². The lowest BCUT2D eigenvalue weighted by molar-refractivity contribution is -0.123. The number of ether oxygens (including phenoxy) is 2. The molecule has 0 radical (unpaired) electrons. The maximum Gasteiger partial charge on any atom is 0.321 e. The van der Waals surface area contributed by atoms with Crippen molar-refractivity contribution < 1.29 is 14.3 Å². The van der Waals surface area contributed by atoms with Crippen LogP contribution in [0.15, 0.2) is 18.5 Å². The molecule has 3 rings (SSSR count). The van der Waals surface area contributed by atoms with E-state index in [0.29, 0.717) is 11.8 Å². The van der Waals surface area contributed by atoms with Gasteiger partial charge >= 0.3 is 12.0 Å². The van der Waals surface area contributed by atoms with Crippen LogP contribution in [0.2, 0.25) is 0 Å². The van der Waals surface area contributed by atoms with Crippen LogP contribution >= 0.6 is 0 Å². The molecule has 0 saturated carbocycles. The highest BCUT2D eigenvalue weighted by atomic mass is 16.5. The number of anilines is 1. The van der Waals surface area contributed by atoms with Crippen molar-refractivity contribution in [1.29, 1.82) is 0 Å². The topological polar surface area (TPSA) is 115 Å². The van der Waals surface area contributed by atoms with Crippen LogP contribution in [0.25, 0.3) is 0 Å². The highest BCUT2D eigenvalue weighted by Crippen LogP contribution is 2.17. The van der Waals surface area contributed by atoms with Gasteiger partial charge in [0.1, 0.15) is 0 Å². The summed E-state index contributed by atoms with van der Waals surface area (Å²) in [5.74, 6) is 0.688. The number of nitrogens with one attached hydrogen (secondary N) is 1. The van der Waals surface area contributed by atoms with Crippen LogP contribution in [0.4, 0.5) is 5.95 Å². The van der Waals surface area contributed by atoms with E-state index in [0.717, 1.165) is 25.9 Å². The Bertz CT molecular complexity index is 723. The fourth-order valence-electron chi connectivity index (χ4n) is 2.51. The summed E-state index contributed by atoms with van der Waals surface area (Å²) < 4.78 is 10.4. The van der Waals surface area contributed by atoms with Gasteiger partial charge in [-0.05, 0) is 25.3 Å². The van der Waals surface area contributed by atoms with Gasteiger partial charge in [0.2, 0.25) is 5.95 Å². The Hall–Kier alpha value is -3.04. The fraction of sp³-hybridized carbons (Fsp3) is 0.500. The molecule has 1 aliphatic heterocycles.